The lowest BCUT2D eigenvalue weighted by atomic mass is 10.2. The lowest BCUT2D eigenvalue weighted by Crippen LogP contribution is -2.29. The second-order valence-corrected chi connectivity index (χ2v) is 4.83. The highest BCUT2D eigenvalue weighted by atomic mass is 16.1. The smallest absolute Gasteiger partial charge is 0.347 e. The van der Waals surface area contributed by atoms with E-state index in [9.17, 15) is 4.79 Å². The number of rotatable bonds is 1. The lowest BCUT2D eigenvalue weighted by Gasteiger charge is -2.23. The van der Waals surface area contributed by atoms with Gasteiger partial charge in [-0.05, 0) is 12.8 Å². The van der Waals surface area contributed by atoms with Crippen LogP contribution in [0.2, 0.25) is 0 Å². The van der Waals surface area contributed by atoms with E-state index < -0.39 is 0 Å². The monoisotopic (exact) mass is 234 g/mol. The van der Waals surface area contributed by atoms with Crippen molar-refractivity contribution in [2.24, 2.45) is 0 Å². The van der Waals surface area contributed by atoms with Crippen molar-refractivity contribution in [3.63, 3.8) is 0 Å². The van der Waals surface area contributed by atoms with Gasteiger partial charge in [0.2, 0.25) is 0 Å². The van der Waals surface area contributed by atoms with Crippen LogP contribution < -0.4 is 15.9 Å². The minimum Gasteiger partial charge on any atom is -0.356 e. The van der Waals surface area contributed by atoms with Crippen molar-refractivity contribution < 1.29 is 0 Å². The summed E-state index contributed by atoms with van der Waals surface area (Å²) in [5, 5.41) is 3.27. The molecule has 2 N–H and O–H groups in total. The van der Waals surface area contributed by atoms with Crippen LogP contribution in [0.15, 0.2) is 4.79 Å². The number of nitrogens with zero attached hydrogens (tertiary/aromatic N) is 2. The van der Waals surface area contributed by atoms with Crippen LogP contribution in [-0.2, 0) is 13.1 Å². The molecule has 5 heteroatoms. The molecule has 1 aromatic rings. The van der Waals surface area contributed by atoms with Gasteiger partial charge in [0, 0.05) is 37.4 Å². The van der Waals surface area contributed by atoms with Gasteiger partial charge in [0.25, 0.3) is 0 Å². The predicted octanol–water partition coefficient (Wildman–Crippen LogP) is 0.753. The average Bonchev–Trinajstić information content (AvgIpc) is 2.62. The quantitative estimate of drug-likeness (QED) is 0.753. The van der Waals surface area contributed by atoms with E-state index in [1.165, 1.54) is 31.2 Å². The van der Waals surface area contributed by atoms with E-state index in [1.807, 2.05) is 0 Å². The number of hydrogen-bond donors (Lipinski definition) is 2. The van der Waals surface area contributed by atoms with Crippen LogP contribution in [0.5, 0.6) is 0 Å². The first kappa shape index (κ1) is 10.8. The molecule has 1 aromatic heterocycles. The summed E-state index contributed by atoms with van der Waals surface area (Å²) in [6.07, 6.45) is 4.99. The topological polar surface area (TPSA) is 61.0 Å². The molecule has 0 aromatic carbocycles. The fraction of sp³-hybridized carbons (Fsp3) is 0.667. The zero-order chi connectivity index (χ0) is 11.7. The van der Waals surface area contributed by atoms with Crippen LogP contribution in [0.25, 0.3) is 0 Å². The van der Waals surface area contributed by atoms with Crippen molar-refractivity contribution in [3.05, 3.63) is 21.7 Å². The summed E-state index contributed by atoms with van der Waals surface area (Å²) in [5.74, 6) is 0.913. The summed E-state index contributed by atoms with van der Waals surface area (Å²) in [7, 11) is 0. The molecule has 0 atom stereocenters. The number of hydrogen-bond acceptors (Lipinski definition) is 4. The second kappa shape index (κ2) is 4.49. The number of anilines is 1. The van der Waals surface area contributed by atoms with E-state index in [0.717, 1.165) is 37.7 Å². The average molecular weight is 234 g/mol. The lowest BCUT2D eigenvalue weighted by molar-refractivity contribution is 0.726. The van der Waals surface area contributed by atoms with E-state index in [-0.39, 0.29) is 5.69 Å². The molecule has 1 fully saturated rings. The third-order valence-electron chi connectivity index (χ3n) is 3.61. The largest absolute Gasteiger partial charge is 0.356 e. The summed E-state index contributed by atoms with van der Waals surface area (Å²) in [6, 6.07) is 0. The normalized spacial score (nSPS) is 20.1. The van der Waals surface area contributed by atoms with E-state index in [4.69, 9.17) is 0 Å². The Morgan fingerprint density at radius 2 is 1.82 bits per heavy atom. The van der Waals surface area contributed by atoms with Crippen LogP contribution in [0.1, 0.15) is 36.9 Å². The van der Waals surface area contributed by atoms with Crippen LogP contribution in [0, 0.1) is 0 Å². The highest BCUT2D eigenvalue weighted by Gasteiger charge is 2.21. The molecule has 5 nitrogen and oxygen atoms in total. The molecule has 0 bridgehead atoms. The van der Waals surface area contributed by atoms with Crippen molar-refractivity contribution in [1.29, 1.82) is 0 Å². The third-order valence-corrected chi connectivity index (χ3v) is 3.61. The van der Waals surface area contributed by atoms with Gasteiger partial charge in [0.1, 0.15) is 5.82 Å². The number of nitrogens with one attached hydrogen (secondary N) is 2. The minimum absolute atomic E-state index is 0.216. The van der Waals surface area contributed by atoms with Gasteiger partial charge in [-0.3, -0.25) is 0 Å². The van der Waals surface area contributed by atoms with Crippen molar-refractivity contribution in [3.8, 4) is 0 Å². The van der Waals surface area contributed by atoms with Gasteiger partial charge in [0.05, 0.1) is 0 Å². The summed E-state index contributed by atoms with van der Waals surface area (Å²) in [4.78, 5) is 20.9. The van der Waals surface area contributed by atoms with Crippen LogP contribution >= 0.6 is 0 Å². The maximum atomic E-state index is 11.6. The Kier molecular flexibility index (Phi) is 2.84. The Bertz CT molecular complexity index is 460. The van der Waals surface area contributed by atoms with E-state index >= 15 is 0 Å². The zero-order valence-corrected chi connectivity index (χ0v) is 9.96. The Hall–Kier alpha value is -1.36. The van der Waals surface area contributed by atoms with E-state index in [0.29, 0.717) is 0 Å². The van der Waals surface area contributed by atoms with Crippen LogP contribution in [-0.4, -0.2) is 23.1 Å². The number of fused-ring (bicyclic) bond motifs is 1. The summed E-state index contributed by atoms with van der Waals surface area (Å²) in [5.41, 5.74) is 1.99. The SMILES string of the molecule is O=c1nc(N2CCCCCC2)c2c([nH]1)CNC2. The highest BCUT2D eigenvalue weighted by Crippen LogP contribution is 2.24. The Morgan fingerprint density at radius 1 is 1.06 bits per heavy atom. The van der Waals surface area contributed by atoms with Crippen LogP contribution in [0.4, 0.5) is 5.82 Å². The molecule has 0 radical (unpaired) electrons. The maximum absolute atomic E-state index is 11.6. The molecule has 2 aliphatic heterocycles. The highest BCUT2D eigenvalue weighted by molar-refractivity contribution is 5.50. The fourth-order valence-corrected chi connectivity index (χ4v) is 2.72. The summed E-state index contributed by atoms with van der Waals surface area (Å²) >= 11 is 0. The van der Waals surface area contributed by atoms with Gasteiger partial charge in [-0.25, -0.2) is 4.79 Å². The van der Waals surface area contributed by atoms with Gasteiger partial charge < -0.3 is 15.2 Å². The summed E-state index contributed by atoms with van der Waals surface area (Å²) in [6.45, 7) is 3.64. The predicted molar refractivity (Wildman–Crippen MR) is 66.1 cm³/mol. The van der Waals surface area contributed by atoms with Crippen molar-refractivity contribution in [1.82, 2.24) is 15.3 Å². The molecule has 0 spiro atoms. The van der Waals surface area contributed by atoms with Gasteiger partial charge in [-0.15, -0.1) is 0 Å². The molecule has 2 aliphatic rings. The second-order valence-electron chi connectivity index (χ2n) is 4.83. The Labute approximate surface area is 100 Å². The first-order valence-electron chi connectivity index (χ1n) is 6.42. The van der Waals surface area contributed by atoms with Crippen molar-refractivity contribution >= 4 is 5.82 Å². The number of aromatic nitrogens is 2. The molecule has 3 rings (SSSR count). The summed E-state index contributed by atoms with van der Waals surface area (Å²) < 4.78 is 0. The van der Waals surface area contributed by atoms with Crippen molar-refractivity contribution in [2.75, 3.05) is 18.0 Å². The standard InChI is InChI=1S/C12H18N4O/c17-12-14-10-8-13-7-9(10)11(15-12)16-5-3-1-2-4-6-16/h13H,1-8H2,(H,14,15,17). The van der Waals surface area contributed by atoms with E-state index in [1.54, 1.807) is 0 Å². The molecule has 3 heterocycles. The van der Waals surface area contributed by atoms with Gasteiger partial charge in [-0.1, -0.05) is 12.8 Å². The minimum atomic E-state index is -0.216. The van der Waals surface area contributed by atoms with Gasteiger partial charge in [0.15, 0.2) is 0 Å². The maximum Gasteiger partial charge on any atom is 0.347 e. The molecule has 1 saturated heterocycles. The fourth-order valence-electron chi connectivity index (χ4n) is 2.72. The first-order chi connectivity index (χ1) is 8.34. The molecule has 0 amide bonds. The molecular formula is C12H18N4O. The van der Waals surface area contributed by atoms with Gasteiger partial charge >= 0.3 is 5.69 Å². The molecule has 92 valence electrons. The Morgan fingerprint density at radius 3 is 2.59 bits per heavy atom. The van der Waals surface area contributed by atoms with Crippen molar-refractivity contribution in [2.45, 2.75) is 38.8 Å². The Balaban J connectivity index is 1.98. The zero-order valence-electron chi connectivity index (χ0n) is 9.96. The molecular weight excluding hydrogens is 216 g/mol. The third kappa shape index (κ3) is 2.07. The van der Waals surface area contributed by atoms with E-state index in [2.05, 4.69) is 20.2 Å². The molecule has 0 saturated carbocycles. The first-order valence-corrected chi connectivity index (χ1v) is 6.42. The molecule has 0 unspecified atom stereocenters. The number of H-pyrrole nitrogens is 1. The number of aromatic amines is 1. The van der Waals surface area contributed by atoms with Crippen LogP contribution in [0.3, 0.4) is 0 Å². The van der Waals surface area contributed by atoms with Gasteiger partial charge in [-0.2, -0.15) is 4.98 Å². The molecule has 0 aliphatic carbocycles. The molecule has 17 heavy (non-hydrogen) atoms.